The molecule has 3 aromatic rings. The number of benzene rings is 2. The Morgan fingerprint density at radius 1 is 1.12 bits per heavy atom. The lowest BCUT2D eigenvalue weighted by molar-refractivity contribution is 0.0751. The van der Waals surface area contributed by atoms with Crippen molar-refractivity contribution in [1.82, 2.24) is 19.5 Å². The predicted octanol–water partition coefficient (Wildman–Crippen LogP) is 1.62. The van der Waals surface area contributed by atoms with Gasteiger partial charge < -0.3 is 4.84 Å². The third kappa shape index (κ3) is 3.10. The van der Waals surface area contributed by atoms with Gasteiger partial charge in [0.15, 0.2) is 0 Å². The average molecular weight is 346 g/mol. The number of sulfonamides is 1. The van der Waals surface area contributed by atoms with Gasteiger partial charge in [0.1, 0.15) is 17.6 Å². The molecular weight excluding hydrogens is 328 g/mol. The molecule has 0 saturated carbocycles. The second-order valence-corrected chi connectivity index (χ2v) is 7.81. The Labute approximate surface area is 140 Å². The lowest BCUT2D eigenvalue weighted by atomic mass is 10.2. The molecule has 0 N–H and O–H groups in total. The van der Waals surface area contributed by atoms with E-state index in [9.17, 15) is 8.42 Å². The summed E-state index contributed by atoms with van der Waals surface area (Å²) in [7, 11) is -0.548. The zero-order valence-electron chi connectivity index (χ0n) is 13.7. The molecule has 0 spiro atoms. The Balaban J connectivity index is 1.90. The smallest absolute Gasteiger partial charge is 0.242 e. The van der Waals surface area contributed by atoms with E-state index in [2.05, 4.69) is 10.3 Å². The van der Waals surface area contributed by atoms with Gasteiger partial charge in [0.05, 0.1) is 4.90 Å². The highest BCUT2D eigenvalue weighted by molar-refractivity contribution is 7.89. The molecule has 0 saturated heterocycles. The van der Waals surface area contributed by atoms with Crippen LogP contribution in [0.4, 0.5) is 0 Å². The van der Waals surface area contributed by atoms with Crippen LogP contribution in [-0.2, 0) is 16.6 Å². The van der Waals surface area contributed by atoms with E-state index in [0.29, 0.717) is 17.6 Å². The van der Waals surface area contributed by atoms with Crippen LogP contribution < -0.4 is 4.84 Å². The molecule has 0 aliphatic rings. The van der Waals surface area contributed by atoms with Gasteiger partial charge in [-0.1, -0.05) is 34.7 Å². The highest BCUT2D eigenvalue weighted by Crippen LogP contribution is 2.19. The molecule has 0 unspecified atom stereocenters. The molecule has 1 heterocycles. The van der Waals surface area contributed by atoms with Crippen LogP contribution in [0.1, 0.15) is 11.1 Å². The first-order chi connectivity index (χ1) is 11.4. The van der Waals surface area contributed by atoms with Crippen molar-refractivity contribution in [3.05, 3.63) is 53.6 Å². The lowest BCUT2D eigenvalue weighted by Gasteiger charge is -2.11. The number of hydrogen-bond acceptors (Lipinski definition) is 5. The van der Waals surface area contributed by atoms with Gasteiger partial charge in [-0.25, -0.2) is 12.7 Å². The van der Waals surface area contributed by atoms with Gasteiger partial charge in [-0.3, -0.25) is 0 Å². The number of hydrogen-bond donors (Lipinski definition) is 0. The van der Waals surface area contributed by atoms with Gasteiger partial charge in [-0.15, -0.1) is 5.10 Å². The Bertz CT molecular complexity index is 963. The van der Waals surface area contributed by atoms with E-state index in [-0.39, 0.29) is 4.90 Å². The SMILES string of the molecule is Cc1ccc(COn2nnc3ccc(S(=O)(=O)N(C)C)cc32)cc1. The molecule has 0 aliphatic heterocycles. The maximum Gasteiger partial charge on any atom is 0.242 e. The molecular formula is C16H18N4O3S. The van der Waals surface area contributed by atoms with Crippen LogP contribution in [0, 0.1) is 6.92 Å². The molecule has 0 atom stereocenters. The van der Waals surface area contributed by atoms with Gasteiger partial charge in [0.2, 0.25) is 10.0 Å². The van der Waals surface area contributed by atoms with Crippen molar-refractivity contribution >= 4 is 21.1 Å². The zero-order valence-corrected chi connectivity index (χ0v) is 14.5. The van der Waals surface area contributed by atoms with Crippen LogP contribution in [0.15, 0.2) is 47.4 Å². The maximum absolute atomic E-state index is 12.3. The summed E-state index contributed by atoms with van der Waals surface area (Å²) in [5.41, 5.74) is 3.23. The summed E-state index contributed by atoms with van der Waals surface area (Å²) in [4.78, 5) is 7.07. The van der Waals surface area contributed by atoms with Gasteiger partial charge in [0.25, 0.3) is 0 Å². The van der Waals surface area contributed by atoms with Gasteiger partial charge >= 0.3 is 0 Å². The topological polar surface area (TPSA) is 77.3 Å². The number of aromatic nitrogens is 3. The number of nitrogens with zero attached hydrogens (tertiary/aromatic N) is 4. The highest BCUT2D eigenvalue weighted by Gasteiger charge is 2.19. The van der Waals surface area contributed by atoms with Gasteiger partial charge in [-0.2, -0.15) is 0 Å². The van der Waals surface area contributed by atoms with E-state index in [1.807, 2.05) is 31.2 Å². The van der Waals surface area contributed by atoms with E-state index < -0.39 is 10.0 Å². The first-order valence-electron chi connectivity index (χ1n) is 7.35. The second kappa shape index (κ2) is 6.21. The van der Waals surface area contributed by atoms with E-state index >= 15 is 0 Å². The van der Waals surface area contributed by atoms with Crippen molar-refractivity contribution in [2.45, 2.75) is 18.4 Å². The molecule has 8 heteroatoms. The summed E-state index contributed by atoms with van der Waals surface area (Å²) >= 11 is 0. The first-order valence-corrected chi connectivity index (χ1v) is 8.79. The number of fused-ring (bicyclic) bond motifs is 1. The summed E-state index contributed by atoms with van der Waals surface area (Å²) in [5.74, 6) is 0. The molecule has 126 valence electrons. The molecule has 1 aromatic heterocycles. The average Bonchev–Trinajstić information content (AvgIpc) is 2.96. The maximum atomic E-state index is 12.3. The molecule has 3 rings (SSSR count). The molecule has 0 radical (unpaired) electrons. The molecule has 24 heavy (non-hydrogen) atoms. The van der Waals surface area contributed by atoms with E-state index in [1.165, 1.54) is 36.6 Å². The standard InChI is InChI=1S/C16H18N4O3S/c1-12-4-6-13(7-5-12)11-23-20-16-10-14(24(21,22)19(2)3)8-9-15(16)17-18-20/h4-10H,11H2,1-3H3. The third-order valence-electron chi connectivity index (χ3n) is 3.64. The molecule has 0 amide bonds. The fraction of sp³-hybridized carbons (Fsp3) is 0.250. The number of rotatable bonds is 5. The minimum Gasteiger partial charge on any atom is -0.390 e. The Hall–Kier alpha value is -2.45. The fourth-order valence-corrected chi connectivity index (χ4v) is 3.09. The largest absolute Gasteiger partial charge is 0.390 e. The summed E-state index contributed by atoms with van der Waals surface area (Å²) in [6.45, 7) is 2.33. The van der Waals surface area contributed by atoms with Crippen LogP contribution in [0.2, 0.25) is 0 Å². The summed E-state index contributed by atoms with van der Waals surface area (Å²) < 4.78 is 25.7. The Morgan fingerprint density at radius 2 is 1.83 bits per heavy atom. The summed E-state index contributed by atoms with van der Waals surface area (Å²) in [5, 5.41) is 7.92. The first kappa shape index (κ1) is 16.4. The molecule has 7 nitrogen and oxygen atoms in total. The number of aryl methyl sites for hydroxylation is 1. The second-order valence-electron chi connectivity index (χ2n) is 5.66. The van der Waals surface area contributed by atoms with Crippen molar-refractivity contribution < 1.29 is 13.3 Å². The normalized spacial score (nSPS) is 12.0. The van der Waals surface area contributed by atoms with Crippen molar-refractivity contribution in [1.29, 1.82) is 0 Å². The van der Waals surface area contributed by atoms with Crippen molar-refractivity contribution in [3.63, 3.8) is 0 Å². The third-order valence-corrected chi connectivity index (χ3v) is 5.45. The lowest BCUT2D eigenvalue weighted by Crippen LogP contribution is -2.22. The Morgan fingerprint density at radius 3 is 2.50 bits per heavy atom. The van der Waals surface area contributed by atoms with E-state index in [0.717, 1.165) is 9.87 Å². The molecule has 0 bridgehead atoms. The van der Waals surface area contributed by atoms with Crippen LogP contribution >= 0.6 is 0 Å². The Kier molecular flexibility index (Phi) is 4.25. The minimum absolute atomic E-state index is 0.169. The van der Waals surface area contributed by atoms with E-state index in [4.69, 9.17) is 4.84 Å². The van der Waals surface area contributed by atoms with E-state index in [1.54, 1.807) is 6.07 Å². The highest BCUT2D eigenvalue weighted by atomic mass is 32.2. The summed E-state index contributed by atoms with van der Waals surface area (Å²) in [6, 6.07) is 12.6. The summed E-state index contributed by atoms with van der Waals surface area (Å²) in [6.07, 6.45) is 0. The molecule has 2 aromatic carbocycles. The predicted molar refractivity (Wildman–Crippen MR) is 89.9 cm³/mol. The molecule has 0 fully saturated rings. The minimum atomic E-state index is -3.53. The van der Waals surface area contributed by atoms with Crippen molar-refractivity contribution in [2.75, 3.05) is 14.1 Å². The van der Waals surface area contributed by atoms with Crippen molar-refractivity contribution in [2.24, 2.45) is 0 Å². The fourth-order valence-electron chi connectivity index (χ4n) is 2.16. The zero-order chi connectivity index (χ0) is 17.3. The molecule has 0 aliphatic carbocycles. The van der Waals surface area contributed by atoms with Crippen LogP contribution in [0.5, 0.6) is 0 Å². The van der Waals surface area contributed by atoms with Crippen LogP contribution in [-0.4, -0.2) is 42.0 Å². The van der Waals surface area contributed by atoms with Gasteiger partial charge in [0, 0.05) is 14.1 Å². The van der Waals surface area contributed by atoms with Crippen LogP contribution in [0.3, 0.4) is 0 Å². The van der Waals surface area contributed by atoms with Crippen LogP contribution in [0.25, 0.3) is 11.0 Å². The monoisotopic (exact) mass is 346 g/mol. The quantitative estimate of drug-likeness (QED) is 0.701. The van der Waals surface area contributed by atoms with Crippen molar-refractivity contribution in [3.8, 4) is 0 Å². The van der Waals surface area contributed by atoms with Gasteiger partial charge in [-0.05, 0) is 35.9 Å².